The van der Waals surface area contributed by atoms with Gasteiger partial charge in [-0.25, -0.2) is 4.39 Å². The van der Waals surface area contributed by atoms with E-state index in [4.69, 9.17) is 10.5 Å². The molecule has 1 aliphatic rings. The summed E-state index contributed by atoms with van der Waals surface area (Å²) in [5.74, 6) is -0.167. The smallest absolute Gasteiger partial charge is 0.128 e. The molecule has 1 fully saturated rings. The van der Waals surface area contributed by atoms with Gasteiger partial charge in [-0.05, 0) is 32.0 Å². The third kappa shape index (κ3) is 3.54. The van der Waals surface area contributed by atoms with Crippen molar-refractivity contribution in [2.24, 2.45) is 5.73 Å². The minimum absolute atomic E-state index is 0.0117. The van der Waals surface area contributed by atoms with E-state index in [1.165, 1.54) is 6.07 Å². The van der Waals surface area contributed by atoms with E-state index in [9.17, 15) is 4.39 Å². The molecule has 0 aromatic heterocycles. The van der Waals surface area contributed by atoms with Crippen LogP contribution in [0.15, 0.2) is 22.7 Å². The average molecular weight is 331 g/mol. The summed E-state index contributed by atoms with van der Waals surface area (Å²) in [5.41, 5.74) is 6.60. The molecule has 106 valence electrons. The maximum Gasteiger partial charge on any atom is 0.128 e. The Balaban J connectivity index is 2.14. The van der Waals surface area contributed by atoms with E-state index in [1.807, 2.05) is 19.9 Å². The Labute approximate surface area is 122 Å². The van der Waals surface area contributed by atoms with Crippen LogP contribution in [-0.4, -0.2) is 36.7 Å². The third-order valence-electron chi connectivity index (χ3n) is 3.67. The first-order chi connectivity index (χ1) is 8.99. The van der Waals surface area contributed by atoms with Crippen molar-refractivity contribution in [3.8, 4) is 0 Å². The van der Waals surface area contributed by atoms with Crippen LogP contribution in [0.4, 0.5) is 4.39 Å². The first-order valence-corrected chi connectivity index (χ1v) is 7.34. The van der Waals surface area contributed by atoms with Crippen molar-refractivity contribution in [1.82, 2.24) is 4.90 Å². The highest BCUT2D eigenvalue weighted by molar-refractivity contribution is 9.10. The van der Waals surface area contributed by atoms with Crippen LogP contribution in [0.2, 0.25) is 0 Å². The maximum atomic E-state index is 13.9. The van der Waals surface area contributed by atoms with Gasteiger partial charge in [0.15, 0.2) is 0 Å². The molecule has 0 spiro atoms. The Hall–Kier alpha value is -0.490. The minimum Gasteiger partial charge on any atom is -0.374 e. The van der Waals surface area contributed by atoms with Crippen LogP contribution in [0, 0.1) is 5.82 Å². The number of nitrogens with zero attached hydrogens (tertiary/aromatic N) is 1. The second kappa shape index (κ2) is 6.31. The van der Waals surface area contributed by atoms with Gasteiger partial charge in [0.2, 0.25) is 0 Å². The van der Waals surface area contributed by atoms with E-state index >= 15 is 0 Å². The second-order valence-corrected chi connectivity index (χ2v) is 6.02. The Morgan fingerprint density at radius 1 is 1.47 bits per heavy atom. The lowest BCUT2D eigenvalue weighted by Crippen LogP contribution is -2.50. The number of ether oxygens (including phenoxy) is 1. The van der Waals surface area contributed by atoms with Crippen molar-refractivity contribution in [3.05, 3.63) is 34.1 Å². The Morgan fingerprint density at radius 2 is 2.21 bits per heavy atom. The summed E-state index contributed by atoms with van der Waals surface area (Å²) in [6, 6.07) is 5.07. The highest BCUT2D eigenvalue weighted by Gasteiger charge is 2.28. The number of hydrogen-bond donors (Lipinski definition) is 1. The molecule has 3 nitrogen and oxygen atoms in total. The fourth-order valence-electron chi connectivity index (χ4n) is 2.40. The molecule has 2 N–H and O–H groups in total. The van der Waals surface area contributed by atoms with E-state index < -0.39 is 0 Å². The van der Waals surface area contributed by atoms with Crippen LogP contribution in [-0.2, 0) is 4.74 Å². The van der Waals surface area contributed by atoms with Gasteiger partial charge in [0, 0.05) is 35.2 Å². The zero-order valence-corrected chi connectivity index (χ0v) is 12.9. The molecule has 0 radical (unpaired) electrons. The molecule has 19 heavy (non-hydrogen) atoms. The van der Waals surface area contributed by atoms with Crippen LogP contribution >= 0.6 is 15.9 Å². The molecule has 1 aliphatic heterocycles. The molecule has 1 saturated heterocycles. The summed E-state index contributed by atoms with van der Waals surface area (Å²) in [7, 11) is 0. The SMILES string of the molecule is CC(N)C1CN(C(C)c2cc(Br)ccc2F)CCO1. The number of rotatable bonds is 3. The van der Waals surface area contributed by atoms with Gasteiger partial charge >= 0.3 is 0 Å². The van der Waals surface area contributed by atoms with Crippen molar-refractivity contribution in [2.75, 3.05) is 19.7 Å². The molecule has 3 atom stereocenters. The molecular weight excluding hydrogens is 311 g/mol. The first kappa shape index (κ1) is 14.9. The summed E-state index contributed by atoms with van der Waals surface area (Å²) in [6.45, 7) is 6.15. The largest absolute Gasteiger partial charge is 0.374 e. The first-order valence-electron chi connectivity index (χ1n) is 6.55. The summed E-state index contributed by atoms with van der Waals surface area (Å²) in [4.78, 5) is 2.22. The molecule has 0 amide bonds. The fraction of sp³-hybridized carbons (Fsp3) is 0.571. The van der Waals surface area contributed by atoms with E-state index in [1.54, 1.807) is 6.07 Å². The van der Waals surface area contributed by atoms with Gasteiger partial charge in [-0.15, -0.1) is 0 Å². The summed E-state index contributed by atoms with van der Waals surface area (Å²) in [5, 5.41) is 0. The lowest BCUT2D eigenvalue weighted by molar-refractivity contribution is -0.0502. The number of benzene rings is 1. The number of morpholine rings is 1. The molecular formula is C14H20BrFN2O. The molecule has 0 saturated carbocycles. The molecule has 3 unspecified atom stereocenters. The standard InChI is InChI=1S/C14H20BrFN2O/c1-9(17)14-8-18(5-6-19-14)10(2)12-7-11(15)3-4-13(12)16/h3-4,7,9-10,14H,5-6,8,17H2,1-2H3. The predicted molar refractivity (Wildman–Crippen MR) is 77.5 cm³/mol. The molecule has 0 aliphatic carbocycles. The van der Waals surface area contributed by atoms with Crippen molar-refractivity contribution in [3.63, 3.8) is 0 Å². The Bertz CT molecular complexity index is 441. The zero-order chi connectivity index (χ0) is 14.0. The predicted octanol–water partition coefficient (Wildman–Crippen LogP) is 2.70. The monoisotopic (exact) mass is 330 g/mol. The van der Waals surface area contributed by atoms with Gasteiger partial charge in [0.1, 0.15) is 5.82 Å². The molecule has 2 rings (SSSR count). The fourth-order valence-corrected chi connectivity index (χ4v) is 2.78. The molecule has 1 aromatic carbocycles. The summed E-state index contributed by atoms with van der Waals surface area (Å²) < 4.78 is 20.5. The van der Waals surface area contributed by atoms with Gasteiger partial charge < -0.3 is 10.5 Å². The van der Waals surface area contributed by atoms with Crippen LogP contribution in [0.25, 0.3) is 0 Å². The summed E-state index contributed by atoms with van der Waals surface area (Å²) >= 11 is 3.39. The molecule has 0 bridgehead atoms. The summed E-state index contributed by atoms with van der Waals surface area (Å²) in [6.07, 6.45) is 0.0198. The van der Waals surface area contributed by atoms with Gasteiger partial charge in [0.05, 0.1) is 12.7 Å². The maximum absolute atomic E-state index is 13.9. The van der Waals surface area contributed by atoms with Gasteiger partial charge in [0.25, 0.3) is 0 Å². The van der Waals surface area contributed by atoms with Crippen molar-refractivity contribution < 1.29 is 9.13 Å². The van der Waals surface area contributed by atoms with Crippen LogP contribution in [0.1, 0.15) is 25.5 Å². The van der Waals surface area contributed by atoms with Crippen molar-refractivity contribution >= 4 is 15.9 Å². The number of nitrogens with two attached hydrogens (primary N) is 1. The topological polar surface area (TPSA) is 38.5 Å². The quantitative estimate of drug-likeness (QED) is 0.926. The van der Waals surface area contributed by atoms with Crippen molar-refractivity contribution in [1.29, 1.82) is 0 Å². The third-order valence-corrected chi connectivity index (χ3v) is 4.16. The second-order valence-electron chi connectivity index (χ2n) is 5.11. The van der Waals surface area contributed by atoms with E-state index in [0.29, 0.717) is 12.2 Å². The zero-order valence-electron chi connectivity index (χ0n) is 11.3. The highest BCUT2D eigenvalue weighted by Crippen LogP contribution is 2.27. The normalized spacial score (nSPS) is 24.2. The van der Waals surface area contributed by atoms with Crippen LogP contribution < -0.4 is 5.73 Å². The van der Waals surface area contributed by atoms with Crippen LogP contribution in [0.3, 0.4) is 0 Å². The highest BCUT2D eigenvalue weighted by atomic mass is 79.9. The molecule has 1 aromatic rings. The van der Waals surface area contributed by atoms with Gasteiger partial charge in [-0.3, -0.25) is 4.90 Å². The molecule has 1 heterocycles. The lowest BCUT2D eigenvalue weighted by Gasteiger charge is -2.38. The Morgan fingerprint density at radius 3 is 2.89 bits per heavy atom. The van der Waals surface area contributed by atoms with Crippen molar-refractivity contribution in [2.45, 2.75) is 32.0 Å². The van der Waals surface area contributed by atoms with Gasteiger partial charge in [-0.1, -0.05) is 15.9 Å². The average Bonchev–Trinajstić information content (AvgIpc) is 2.41. The lowest BCUT2D eigenvalue weighted by atomic mass is 10.0. The molecule has 5 heteroatoms. The minimum atomic E-state index is -0.167. The number of hydrogen-bond acceptors (Lipinski definition) is 3. The number of halogens is 2. The van der Waals surface area contributed by atoms with Crippen LogP contribution in [0.5, 0.6) is 0 Å². The van der Waals surface area contributed by atoms with E-state index in [2.05, 4.69) is 20.8 Å². The van der Waals surface area contributed by atoms with E-state index in [0.717, 1.165) is 17.6 Å². The Kier molecular flexibility index (Phi) is 4.95. The van der Waals surface area contributed by atoms with E-state index in [-0.39, 0.29) is 24.0 Å². The van der Waals surface area contributed by atoms with Gasteiger partial charge in [-0.2, -0.15) is 0 Å².